The van der Waals surface area contributed by atoms with Gasteiger partial charge in [0, 0.05) is 52.2 Å². The zero-order chi connectivity index (χ0) is 36.3. The lowest BCUT2D eigenvalue weighted by Gasteiger charge is -2.20. The van der Waals surface area contributed by atoms with Gasteiger partial charge in [0.05, 0.1) is 5.39 Å². The fourth-order valence-corrected chi connectivity index (χ4v) is 7.98. The molecule has 0 saturated carbocycles. The van der Waals surface area contributed by atoms with E-state index in [4.69, 9.17) is 24.9 Å². The number of rotatable bonds is 6. The van der Waals surface area contributed by atoms with E-state index in [1.165, 1.54) is 0 Å². The van der Waals surface area contributed by atoms with Crippen molar-refractivity contribution >= 4 is 33.4 Å². The Morgan fingerprint density at radius 3 is 1.39 bits per heavy atom. The molecule has 0 saturated heterocycles. The largest absolute Gasteiger partial charge is 0.277 e. The van der Waals surface area contributed by atoms with Crippen molar-refractivity contribution in [1.82, 2.24) is 38.7 Å². The van der Waals surface area contributed by atoms with E-state index >= 15 is 0 Å². The molecule has 258 valence electrons. The van der Waals surface area contributed by atoms with Crippen LogP contribution in [0.15, 0.2) is 152 Å². The SMILES string of the molecule is Cc1c(-c2nc3cccnc3n2-c2ccccc2)c(C)c(-[n+]2cc3cccnc3n2-c2ccccc2)c(C)c1-c1nc2cccnc2n1-c1ccccc1. The summed E-state index contributed by atoms with van der Waals surface area (Å²) >= 11 is 0. The Hall–Kier alpha value is -7.26. The first-order chi connectivity index (χ1) is 26.6. The zero-order valence-corrected chi connectivity index (χ0v) is 30.0. The van der Waals surface area contributed by atoms with E-state index in [9.17, 15) is 0 Å². The zero-order valence-electron chi connectivity index (χ0n) is 30.0. The molecule has 0 aliphatic heterocycles. The van der Waals surface area contributed by atoms with Gasteiger partial charge in [-0.15, -0.1) is 0 Å². The van der Waals surface area contributed by atoms with Gasteiger partial charge in [-0.3, -0.25) is 9.13 Å². The molecule has 9 nitrogen and oxygen atoms in total. The summed E-state index contributed by atoms with van der Waals surface area (Å²) in [5.74, 6) is 1.60. The number of pyridine rings is 3. The quantitative estimate of drug-likeness (QED) is 0.162. The maximum absolute atomic E-state index is 5.36. The number of benzene rings is 4. The normalized spacial score (nSPS) is 11.6. The predicted octanol–water partition coefficient (Wildman–Crippen LogP) is 9.03. The summed E-state index contributed by atoms with van der Waals surface area (Å²) in [4.78, 5) is 25.3. The van der Waals surface area contributed by atoms with Crippen LogP contribution in [-0.4, -0.2) is 38.7 Å². The van der Waals surface area contributed by atoms with Crippen molar-refractivity contribution in [2.45, 2.75) is 20.8 Å². The molecule has 0 N–H and O–H groups in total. The fourth-order valence-electron chi connectivity index (χ4n) is 7.98. The van der Waals surface area contributed by atoms with Crippen molar-refractivity contribution in [3.05, 3.63) is 169 Å². The number of fused-ring (bicyclic) bond motifs is 3. The van der Waals surface area contributed by atoms with Gasteiger partial charge in [0.25, 0.3) is 0 Å². The summed E-state index contributed by atoms with van der Waals surface area (Å²) in [5, 5.41) is 1.02. The lowest BCUT2D eigenvalue weighted by molar-refractivity contribution is -0.672. The highest BCUT2D eigenvalue weighted by atomic mass is 15.4. The minimum absolute atomic E-state index is 0.789. The van der Waals surface area contributed by atoms with Crippen LogP contribution in [-0.2, 0) is 0 Å². The number of para-hydroxylation sites is 3. The highest BCUT2D eigenvalue weighted by Crippen LogP contribution is 2.42. The van der Waals surface area contributed by atoms with Crippen LogP contribution in [0, 0.1) is 20.8 Å². The van der Waals surface area contributed by atoms with E-state index in [0.29, 0.717) is 0 Å². The minimum Gasteiger partial charge on any atom is -0.277 e. The van der Waals surface area contributed by atoms with Gasteiger partial charge < -0.3 is 0 Å². The second-order valence-electron chi connectivity index (χ2n) is 13.4. The lowest BCUT2D eigenvalue weighted by atomic mass is 9.90. The van der Waals surface area contributed by atoms with E-state index in [1.54, 1.807) is 0 Å². The lowest BCUT2D eigenvalue weighted by Crippen LogP contribution is -2.41. The van der Waals surface area contributed by atoms with Gasteiger partial charge in [-0.2, -0.15) is 0 Å². The van der Waals surface area contributed by atoms with Gasteiger partial charge in [0.1, 0.15) is 28.4 Å². The van der Waals surface area contributed by atoms with E-state index in [-0.39, 0.29) is 0 Å². The van der Waals surface area contributed by atoms with Gasteiger partial charge in [-0.1, -0.05) is 64.0 Å². The van der Waals surface area contributed by atoms with Crippen LogP contribution in [0.3, 0.4) is 0 Å². The number of nitrogens with zero attached hydrogens (tertiary/aromatic N) is 9. The Labute approximate surface area is 311 Å². The first kappa shape index (κ1) is 31.5. The summed E-state index contributed by atoms with van der Waals surface area (Å²) in [6, 6.07) is 43.1. The molecule has 54 heavy (non-hydrogen) atoms. The Bertz CT molecular complexity index is 2670. The highest BCUT2D eigenvalue weighted by Gasteiger charge is 2.34. The molecule has 0 atom stereocenters. The first-order valence-corrected chi connectivity index (χ1v) is 17.9. The molecule has 4 aromatic carbocycles. The summed E-state index contributed by atoms with van der Waals surface area (Å²) in [6.45, 7) is 6.59. The van der Waals surface area contributed by atoms with Crippen molar-refractivity contribution in [3.63, 3.8) is 0 Å². The molecule has 0 bridgehead atoms. The molecule has 0 amide bonds. The second-order valence-corrected chi connectivity index (χ2v) is 13.4. The van der Waals surface area contributed by atoms with Crippen LogP contribution in [0.5, 0.6) is 0 Å². The summed E-state index contributed by atoms with van der Waals surface area (Å²) in [7, 11) is 0. The third-order valence-corrected chi connectivity index (χ3v) is 10.2. The average Bonchev–Trinajstić information content (AvgIpc) is 3.90. The highest BCUT2D eigenvalue weighted by molar-refractivity contribution is 5.90. The van der Waals surface area contributed by atoms with Crippen LogP contribution in [0.25, 0.3) is 78.9 Å². The maximum atomic E-state index is 5.36. The van der Waals surface area contributed by atoms with Crippen LogP contribution >= 0.6 is 0 Å². The smallest absolute Gasteiger partial charge is 0.243 e. The van der Waals surface area contributed by atoms with Crippen LogP contribution in [0.1, 0.15) is 16.7 Å². The minimum atomic E-state index is 0.789. The second kappa shape index (κ2) is 12.5. The van der Waals surface area contributed by atoms with Crippen molar-refractivity contribution in [2.24, 2.45) is 0 Å². The topological polar surface area (TPSA) is 83.1 Å². The molecule has 9 heteroatoms. The molecule has 0 aliphatic carbocycles. The Morgan fingerprint density at radius 1 is 0.444 bits per heavy atom. The molecule has 0 radical (unpaired) electrons. The van der Waals surface area contributed by atoms with Crippen molar-refractivity contribution in [3.8, 4) is 45.5 Å². The Kier molecular flexibility index (Phi) is 7.26. The van der Waals surface area contributed by atoms with Crippen LogP contribution in [0.2, 0.25) is 0 Å². The van der Waals surface area contributed by atoms with E-state index in [1.807, 2.05) is 67.1 Å². The summed E-state index contributed by atoms with van der Waals surface area (Å²) < 4.78 is 8.78. The molecule has 6 aromatic heterocycles. The molecule has 0 unspecified atom stereocenters. The first-order valence-electron chi connectivity index (χ1n) is 17.9. The van der Waals surface area contributed by atoms with Crippen LogP contribution < -0.4 is 4.68 Å². The molecule has 0 spiro atoms. The monoisotopic (exact) mass is 700 g/mol. The maximum Gasteiger partial charge on any atom is 0.243 e. The summed E-state index contributed by atoms with van der Waals surface area (Å²) in [5.41, 5.74) is 13.2. The third kappa shape index (κ3) is 4.79. The van der Waals surface area contributed by atoms with Gasteiger partial charge in [0.2, 0.25) is 17.5 Å². The third-order valence-electron chi connectivity index (χ3n) is 10.2. The van der Waals surface area contributed by atoms with E-state index in [0.717, 1.165) is 95.6 Å². The Balaban J connectivity index is 1.39. The molecular weight excluding hydrogens is 667 g/mol. The van der Waals surface area contributed by atoms with Crippen LogP contribution in [0.4, 0.5) is 0 Å². The van der Waals surface area contributed by atoms with E-state index < -0.39 is 0 Å². The molecule has 10 aromatic rings. The molecular formula is C45H34N9+. The number of aromatic nitrogens is 9. The Morgan fingerprint density at radius 2 is 0.889 bits per heavy atom. The predicted molar refractivity (Wildman–Crippen MR) is 213 cm³/mol. The standard InChI is InChI=1S/C45H34N9/c1-29-38(44-49-36-23-14-26-47-42(36)52(44)33-17-7-4-8-18-33)30(2)40(51-28-32-16-13-25-46-41(32)54(51)35-21-11-6-12-22-35)31(3)39(29)45-50-37-24-15-27-48-43(37)53(45)34-19-9-5-10-20-34/h4-28H,1-3H3/q+1. The van der Waals surface area contributed by atoms with E-state index in [2.05, 4.69) is 124 Å². The number of hydrogen-bond donors (Lipinski definition) is 0. The van der Waals surface area contributed by atoms with Gasteiger partial charge in [0.15, 0.2) is 11.3 Å². The van der Waals surface area contributed by atoms with Gasteiger partial charge in [-0.05, 0) is 99.1 Å². The van der Waals surface area contributed by atoms with Crippen molar-refractivity contribution < 1.29 is 4.68 Å². The van der Waals surface area contributed by atoms with Gasteiger partial charge in [-0.25, -0.2) is 24.9 Å². The number of imidazole rings is 2. The molecule has 0 fully saturated rings. The summed E-state index contributed by atoms with van der Waals surface area (Å²) in [6.07, 6.45) is 7.68. The van der Waals surface area contributed by atoms with Gasteiger partial charge >= 0.3 is 0 Å². The number of hydrogen-bond acceptors (Lipinski definition) is 5. The fraction of sp³-hybridized carbons (Fsp3) is 0.0667. The molecule has 10 rings (SSSR count). The molecule has 6 heterocycles. The van der Waals surface area contributed by atoms with Crippen molar-refractivity contribution in [2.75, 3.05) is 0 Å². The average molecular weight is 701 g/mol. The van der Waals surface area contributed by atoms with Crippen molar-refractivity contribution in [1.29, 1.82) is 0 Å². The molecule has 0 aliphatic rings.